The number of hydrogen-bond acceptors (Lipinski definition) is 1. The van der Waals surface area contributed by atoms with E-state index >= 15 is 0 Å². The molecule has 1 aromatic rings. The molecule has 0 aliphatic carbocycles. The van der Waals surface area contributed by atoms with Gasteiger partial charge in [0.25, 0.3) is 0 Å². The summed E-state index contributed by atoms with van der Waals surface area (Å²) in [6.45, 7) is 3.11. The Hall–Kier alpha value is -0.110. The Balaban J connectivity index is 2.36. The molecule has 0 fully saturated rings. The SMILES string of the molecule is CCCCCCCNc1c(Cl)cc(Cl)cc1Cl. The second-order valence-electron chi connectivity index (χ2n) is 4.09. The fourth-order valence-electron chi connectivity index (χ4n) is 1.65. The van der Waals surface area contributed by atoms with E-state index in [-0.39, 0.29) is 0 Å². The van der Waals surface area contributed by atoms with Gasteiger partial charge >= 0.3 is 0 Å². The van der Waals surface area contributed by atoms with Crippen molar-refractivity contribution < 1.29 is 0 Å². The highest BCUT2D eigenvalue weighted by molar-refractivity contribution is 6.41. The molecule has 0 aromatic heterocycles. The second kappa shape index (κ2) is 8.07. The normalized spacial score (nSPS) is 10.6. The molecule has 0 unspecified atom stereocenters. The Morgan fingerprint density at radius 2 is 1.53 bits per heavy atom. The number of nitrogens with one attached hydrogen (secondary N) is 1. The smallest absolute Gasteiger partial charge is 0.0720 e. The Bertz CT molecular complexity index is 330. The number of halogens is 3. The molecule has 1 nitrogen and oxygen atoms in total. The molecule has 0 amide bonds. The Kier molecular flexibility index (Phi) is 7.10. The highest BCUT2D eigenvalue weighted by atomic mass is 35.5. The molecule has 0 saturated heterocycles. The van der Waals surface area contributed by atoms with Crippen LogP contribution in [0.4, 0.5) is 5.69 Å². The van der Waals surface area contributed by atoms with Crippen LogP contribution in [0.2, 0.25) is 15.1 Å². The first kappa shape index (κ1) is 14.9. The zero-order chi connectivity index (χ0) is 12.7. The molecule has 1 rings (SSSR count). The predicted octanol–water partition coefficient (Wildman–Crippen LogP) is 6.03. The summed E-state index contributed by atoms with van der Waals surface area (Å²) in [6, 6.07) is 3.41. The highest BCUT2D eigenvalue weighted by Gasteiger charge is 2.06. The van der Waals surface area contributed by atoms with E-state index in [2.05, 4.69) is 12.2 Å². The maximum atomic E-state index is 6.07. The van der Waals surface area contributed by atoms with Crippen LogP contribution < -0.4 is 5.32 Å². The molecular weight excluding hydrogens is 277 g/mol. The number of anilines is 1. The third-order valence-electron chi connectivity index (χ3n) is 2.59. The van der Waals surface area contributed by atoms with Crippen LogP contribution in [0.5, 0.6) is 0 Å². The summed E-state index contributed by atoms with van der Waals surface area (Å²) in [7, 11) is 0. The molecule has 17 heavy (non-hydrogen) atoms. The molecule has 0 radical (unpaired) electrons. The first-order valence-corrected chi connectivity index (χ1v) is 7.17. The quantitative estimate of drug-likeness (QED) is 0.605. The lowest BCUT2D eigenvalue weighted by Crippen LogP contribution is -2.02. The van der Waals surface area contributed by atoms with Crippen LogP contribution >= 0.6 is 34.8 Å². The standard InChI is InChI=1S/C13H18Cl3N/c1-2-3-4-5-6-7-17-13-11(15)8-10(14)9-12(13)16/h8-9,17H,2-7H2,1H3. The van der Waals surface area contributed by atoms with Gasteiger partial charge in [0.2, 0.25) is 0 Å². The Morgan fingerprint density at radius 1 is 0.941 bits per heavy atom. The van der Waals surface area contributed by atoms with Crippen molar-refractivity contribution in [2.75, 3.05) is 11.9 Å². The van der Waals surface area contributed by atoms with Crippen molar-refractivity contribution >= 4 is 40.5 Å². The fourth-order valence-corrected chi connectivity index (χ4v) is 2.60. The molecule has 0 aliphatic rings. The van der Waals surface area contributed by atoms with Gasteiger partial charge in [-0.15, -0.1) is 0 Å². The van der Waals surface area contributed by atoms with Crippen molar-refractivity contribution in [2.24, 2.45) is 0 Å². The van der Waals surface area contributed by atoms with E-state index in [4.69, 9.17) is 34.8 Å². The maximum absolute atomic E-state index is 6.07. The van der Waals surface area contributed by atoms with Crippen molar-refractivity contribution in [3.8, 4) is 0 Å². The molecule has 96 valence electrons. The molecule has 0 spiro atoms. The average Bonchev–Trinajstić information content (AvgIpc) is 2.26. The Morgan fingerprint density at radius 3 is 2.12 bits per heavy atom. The molecule has 0 heterocycles. The van der Waals surface area contributed by atoms with E-state index in [0.29, 0.717) is 15.1 Å². The molecule has 1 aromatic carbocycles. The third-order valence-corrected chi connectivity index (χ3v) is 3.40. The summed E-state index contributed by atoms with van der Waals surface area (Å²) in [6.07, 6.45) is 6.24. The van der Waals surface area contributed by atoms with Gasteiger partial charge in [-0.25, -0.2) is 0 Å². The summed E-state index contributed by atoms with van der Waals surface area (Å²) in [5.74, 6) is 0. The van der Waals surface area contributed by atoms with E-state index in [1.807, 2.05) is 0 Å². The van der Waals surface area contributed by atoms with Crippen molar-refractivity contribution in [1.82, 2.24) is 0 Å². The Labute approximate surface area is 118 Å². The zero-order valence-corrected chi connectivity index (χ0v) is 12.3. The van der Waals surface area contributed by atoms with Crippen LogP contribution in [0.15, 0.2) is 12.1 Å². The molecule has 1 N–H and O–H groups in total. The lowest BCUT2D eigenvalue weighted by Gasteiger charge is -2.10. The van der Waals surface area contributed by atoms with Crippen molar-refractivity contribution in [1.29, 1.82) is 0 Å². The van der Waals surface area contributed by atoms with Gasteiger partial charge in [-0.3, -0.25) is 0 Å². The topological polar surface area (TPSA) is 12.0 Å². The molecule has 0 aliphatic heterocycles. The summed E-state index contributed by atoms with van der Waals surface area (Å²) >= 11 is 18.0. The molecule has 0 saturated carbocycles. The molecule has 0 bridgehead atoms. The van der Waals surface area contributed by atoms with Crippen LogP contribution in [-0.4, -0.2) is 6.54 Å². The van der Waals surface area contributed by atoms with E-state index < -0.39 is 0 Å². The van der Waals surface area contributed by atoms with E-state index in [1.54, 1.807) is 12.1 Å². The van der Waals surface area contributed by atoms with Crippen LogP contribution in [0, 0.1) is 0 Å². The maximum Gasteiger partial charge on any atom is 0.0720 e. The lowest BCUT2D eigenvalue weighted by atomic mass is 10.1. The minimum Gasteiger partial charge on any atom is -0.383 e. The van der Waals surface area contributed by atoms with Crippen LogP contribution in [-0.2, 0) is 0 Å². The molecular formula is C13H18Cl3N. The van der Waals surface area contributed by atoms with Gasteiger partial charge in [-0.2, -0.15) is 0 Å². The zero-order valence-electron chi connectivity index (χ0n) is 10.0. The van der Waals surface area contributed by atoms with E-state index in [1.165, 1.54) is 25.7 Å². The number of hydrogen-bond donors (Lipinski definition) is 1. The lowest BCUT2D eigenvalue weighted by molar-refractivity contribution is 0.645. The van der Waals surface area contributed by atoms with Crippen LogP contribution in [0.3, 0.4) is 0 Å². The van der Waals surface area contributed by atoms with Gasteiger partial charge in [0.05, 0.1) is 15.7 Å². The van der Waals surface area contributed by atoms with Crippen molar-refractivity contribution in [2.45, 2.75) is 39.0 Å². The number of unbranched alkanes of at least 4 members (excludes halogenated alkanes) is 4. The predicted molar refractivity (Wildman–Crippen MR) is 78.7 cm³/mol. The first-order chi connectivity index (χ1) is 8.15. The third kappa shape index (κ3) is 5.37. The van der Waals surface area contributed by atoms with Gasteiger partial charge in [0.1, 0.15) is 0 Å². The van der Waals surface area contributed by atoms with Crippen LogP contribution in [0.25, 0.3) is 0 Å². The molecule has 0 atom stereocenters. The summed E-state index contributed by atoms with van der Waals surface area (Å²) in [4.78, 5) is 0. The van der Waals surface area contributed by atoms with E-state index in [9.17, 15) is 0 Å². The highest BCUT2D eigenvalue weighted by Crippen LogP contribution is 2.33. The monoisotopic (exact) mass is 293 g/mol. The summed E-state index contributed by atoms with van der Waals surface area (Å²) < 4.78 is 0. The second-order valence-corrected chi connectivity index (χ2v) is 5.34. The van der Waals surface area contributed by atoms with Gasteiger partial charge < -0.3 is 5.32 Å². The van der Waals surface area contributed by atoms with Gasteiger partial charge in [-0.05, 0) is 18.6 Å². The van der Waals surface area contributed by atoms with Gasteiger partial charge in [0.15, 0.2) is 0 Å². The van der Waals surface area contributed by atoms with Gasteiger partial charge in [0, 0.05) is 11.6 Å². The van der Waals surface area contributed by atoms with Crippen molar-refractivity contribution in [3.63, 3.8) is 0 Å². The minimum absolute atomic E-state index is 0.563. The van der Waals surface area contributed by atoms with E-state index in [0.717, 1.165) is 18.7 Å². The van der Waals surface area contributed by atoms with Crippen LogP contribution in [0.1, 0.15) is 39.0 Å². The average molecular weight is 295 g/mol. The summed E-state index contributed by atoms with van der Waals surface area (Å²) in [5.41, 5.74) is 0.785. The number of benzene rings is 1. The van der Waals surface area contributed by atoms with Crippen molar-refractivity contribution in [3.05, 3.63) is 27.2 Å². The first-order valence-electron chi connectivity index (χ1n) is 6.03. The fraction of sp³-hybridized carbons (Fsp3) is 0.538. The molecule has 4 heteroatoms. The largest absolute Gasteiger partial charge is 0.383 e. The number of rotatable bonds is 7. The van der Waals surface area contributed by atoms with Gasteiger partial charge in [-0.1, -0.05) is 67.4 Å². The minimum atomic E-state index is 0.563. The summed E-state index contributed by atoms with van der Waals surface area (Å²) in [5, 5.41) is 4.99.